The van der Waals surface area contributed by atoms with Gasteiger partial charge in [0.15, 0.2) is 5.82 Å². The molecule has 1 aliphatic rings. The third-order valence-corrected chi connectivity index (χ3v) is 4.35. The van der Waals surface area contributed by atoms with Gasteiger partial charge in [0, 0.05) is 23.6 Å². The summed E-state index contributed by atoms with van der Waals surface area (Å²) in [4.78, 5) is 0. The van der Waals surface area contributed by atoms with Gasteiger partial charge in [-0.3, -0.25) is 4.57 Å². The Morgan fingerprint density at radius 1 is 1.25 bits per heavy atom. The molecule has 7 heteroatoms. The molecule has 0 saturated heterocycles. The van der Waals surface area contributed by atoms with E-state index in [2.05, 4.69) is 15.5 Å². The summed E-state index contributed by atoms with van der Waals surface area (Å²) in [5, 5.41) is 21.9. The Kier molecular flexibility index (Phi) is 3.42. The Hall–Kier alpha value is -2.60. The molecule has 0 radical (unpaired) electrons. The summed E-state index contributed by atoms with van der Waals surface area (Å²) in [5.74, 6) is 0.901. The quantitative estimate of drug-likeness (QED) is 0.701. The van der Waals surface area contributed by atoms with Gasteiger partial charge in [-0.15, -0.1) is 10.2 Å². The molecule has 0 bridgehead atoms. The van der Waals surface area contributed by atoms with E-state index < -0.39 is 5.82 Å². The molecule has 3 aromatic rings. The van der Waals surface area contributed by atoms with E-state index in [1.807, 2.05) is 11.5 Å². The first-order chi connectivity index (χ1) is 11.5. The minimum Gasteiger partial charge on any atom is -0.508 e. The van der Waals surface area contributed by atoms with Gasteiger partial charge in [0.1, 0.15) is 17.4 Å². The first-order valence-corrected chi connectivity index (χ1v) is 7.90. The fourth-order valence-electron chi connectivity index (χ4n) is 2.91. The van der Waals surface area contributed by atoms with Crippen molar-refractivity contribution in [2.24, 2.45) is 0 Å². The predicted octanol–water partition coefficient (Wildman–Crippen LogP) is 3.96. The van der Waals surface area contributed by atoms with Crippen LogP contribution in [-0.4, -0.2) is 26.4 Å². The number of hydrogen-bond donors (Lipinski definition) is 2. The molecule has 2 N–H and O–H groups in total. The molecule has 4 rings (SSSR count). The maximum atomic E-state index is 14.3. The minimum absolute atomic E-state index is 0.0584. The minimum atomic E-state index is -0.417. The number of benzene rings is 2. The average molecular weight is 345 g/mol. The SMILES string of the molecule is CC1CNc2cc(O)ccc2-n2c(-c3cc(Cl)ccc3F)nnc21. The van der Waals surface area contributed by atoms with Gasteiger partial charge in [-0.1, -0.05) is 18.5 Å². The highest BCUT2D eigenvalue weighted by Crippen LogP contribution is 2.36. The topological polar surface area (TPSA) is 63.0 Å². The highest BCUT2D eigenvalue weighted by Gasteiger charge is 2.26. The number of nitrogens with zero attached hydrogens (tertiary/aromatic N) is 3. The number of nitrogens with one attached hydrogen (secondary N) is 1. The summed E-state index contributed by atoms with van der Waals surface area (Å²) in [6, 6.07) is 9.32. The zero-order chi connectivity index (χ0) is 16.8. The summed E-state index contributed by atoms with van der Waals surface area (Å²) in [6.45, 7) is 2.64. The first-order valence-electron chi connectivity index (χ1n) is 7.52. The molecule has 0 spiro atoms. The van der Waals surface area contributed by atoms with E-state index in [0.717, 1.165) is 17.2 Å². The Morgan fingerprint density at radius 2 is 2.08 bits per heavy atom. The number of anilines is 1. The molecule has 1 aromatic heterocycles. The molecule has 0 amide bonds. The lowest BCUT2D eigenvalue weighted by atomic mass is 10.1. The number of phenols is 1. The molecule has 1 atom stereocenters. The molecule has 1 unspecified atom stereocenters. The normalized spacial score (nSPS) is 16.0. The highest BCUT2D eigenvalue weighted by atomic mass is 35.5. The van der Waals surface area contributed by atoms with Crippen LogP contribution in [0.25, 0.3) is 17.1 Å². The van der Waals surface area contributed by atoms with Gasteiger partial charge in [0.05, 0.1) is 16.9 Å². The molecule has 5 nitrogen and oxygen atoms in total. The van der Waals surface area contributed by atoms with Crippen LogP contribution >= 0.6 is 11.6 Å². The van der Waals surface area contributed by atoms with E-state index in [1.54, 1.807) is 18.2 Å². The number of rotatable bonds is 1. The van der Waals surface area contributed by atoms with Crippen molar-refractivity contribution in [2.75, 3.05) is 11.9 Å². The van der Waals surface area contributed by atoms with Gasteiger partial charge >= 0.3 is 0 Å². The fourth-order valence-corrected chi connectivity index (χ4v) is 3.08. The van der Waals surface area contributed by atoms with Crippen LogP contribution in [0.3, 0.4) is 0 Å². The van der Waals surface area contributed by atoms with Crippen LogP contribution in [-0.2, 0) is 0 Å². The van der Waals surface area contributed by atoms with Crippen molar-refractivity contribution in [3.05, 3.63) is 53.1 Å². The van der Waals surface area contributed by atoms with E-state index in [1.165, 1.54) is 18.2 Å². The largest absolute Gasteiger partial charge is 0.508 e. The van der Waals surface area contributed by atoms with Crippen molar-refractivity contribution in [1.29, 1.82) is 0 Å². The number of fused-ring (bicyclic) bond motifs is 3. The van der Waals surface area contributed by atoms with Crippen LogP contribution in [0.1, 0.15) is 18.7 Å². The molecule has 2 aromatic carbocycles. The summed E-state index contributed by atoms with van der Waals surface area (Å²) in [7, 11) is 0. The lowest BCUT2D eigenvalue weighted by Crippen LogP contribution is -2.09. The molecule has 1 aliphatic heterocycles. The van der Waals surface area contributed by atoms with Gasteiger partial charge in [-0.25, -0.2) is 4.39 Å². The van der Waals surface area contributed by atoms with Gasteiger partial charge < -0.3 is 10.4 Å². The molecule has 0 fully saturated rings. The molecule has 24 heavy (non-hydrogen) atoms. The Bertz CT molecular complexity index is 940. The summed E-state index contributed by atoms with van der Waals surface area (Å²) in [5.41, 5.74) is 1.78. The van der Waals surface area contributed by atoms with E-state index >= 15 is 0 Å². The Balaban J connectivity index is 2.02. The van der Waals surface area contributed by atoms with E-state index in [4.69, 9.17) is 11.6 Å². The molecule has 0 aliphatic carbocycles. The van der Waals surface area contributed by atoms with Crippen molar-refractivity contribution < 1.29 is 9.50 Å². The lowest BCUT2D eigenvalue weighted by molar-refractivity contribution is 0.475. The van der Waals surface area contributed by atoms with E-state index in [0.29, 0.717) is 17.4 Å². The number of aromatic hydroxyl groups is 1. The van der Waals surface area contributed by atoms with Gasteiger partial charge in [0.2, 0.25) is 0 Å². The first kappa shape index (κ1) is 15.0. The zero-order valence-corrected chi connectivity index (χ0v) is 13.5. The van der Waals surface area contributed by atoms with Gasteiger partial charge in [0.25, 0.3) is 0 Å². The molecule has 2 heterocycles. The second-order valence-electron chi connectivity index (χ2n) is 5.82. The van der Waals surface area contributed by atoms with Crippen LogP contribution in [0.5, 0.6) is 5.75 Å². The second kappa shape index (κ2) is 5.49. The van der Waals surface area contributed by atoms with Crippen molar-refractivity contribution in [1.82, 2.24) is 14.8 Å². The molecule has 0 saturated carbocycles. The molecular weight excluding hydrogens is 331 g/mol. The predicted molar refractivity (Wildman–Crippen MR) is 90.3 cm³/mol. The third-order valence-electron chi connectivity index (χ3n) is 4.12. The van der Waals surface area contributed by atoms with Crippen LogP contribution in [0.2, 0.25) is 5.02 Å². The third kappa shape index (κ3) is 2.30. The number of hydrogen-bond acceptors (Lipinski definition) is 4. The number of aromatic nitrogens is 3. The van der Waals surface area contributed by atoms with Crippen LogP contribution in [0, 0.1) is 5.82 Å². The molecule has 122 valence electrons. The fraction of sp³-hybridized carbons (Fsp3) is 0.176. The zero-order valence-electron chi connectivity index (χ0n) is 12.8. The van der Waals surface area contributed by atoms with Crippen molar-refractivity contribution in [3.63, 3.8) is 0 Å². The van der Waals surface area contributed by atoms with Crippen LogP contribution in [0.15, 0.2) is 36.4 Å². The summed E-state index contributed by atoms with van der Waals surface area (Å²) in [6.07, 6.45) is 0. The van der Waals surface area contributed by atoms with Crippen molar-refractivity contribution in [2.45, 2.75) is 12.8 Å². The average Bonchev–Trinajstić information content (AvgIpc) is 2.94. The summed E-state index contributed by atoms with van der Waals surface area (Å²) < 4.78 is 16.2. The van der Waals surface area contributed by atoms with E-state index in [9.17, 15) is 9.50 Å². The highest BCUT2D eigenvalue weighted by molar-refractivity contribution is 6.30. The van der Waals surface area contributed by atoms with Crippen LogP contribution < -0.4 is 5.32 Å². The smallest absolute Gasteiger partial charge is 0.171 e. The Morgan fingerprint density at radius 3 is 2.92 bits per heavy atom. The number of phenolic OH excluding ortho intramolecular Hbond substituents is 1. The van der Waals surface area contributed by atoms with Gasteiger partial charge in [-0.2, -0.15) is 0 Å². The maximum Gasteiger partial charge on any atom is 0.171 e. The van der Waals surface area contributed by atoms with Crippen molar-refractivity contribution >= 4 is 17.3 Å². The Labute approximate surface area is 142 Å². The van der Waals surface area contributed by atoms with Crippen LogP contribution in [0.4, 0.5) is 10.1 Å². The maximum absolute atomic E-state index is 14.3. The van der Waals surface area contributed by atoms with E-state index in [-0.39, 0.29) is 17.2 Å². The van der Waals surface area contributed by atoms with Crippen molar-refractivity contribution in [3.8, 4) is 22.8 Å². The lowest BCUT2D eigenvalue weighted by Gasteiger charge is -2.13. The monoisotopic (exact) mass is 344 g/mol. The number of halogens is 2. The second-order valence-corrected chi connectivity index (χ2v) is 6.26. The summed E-state index contributed by atoms with van der Waals surface area (Å²) >= 11 is 6.03. The molecular formula is C17H14ClFN4O. The standard InChI is InChI=1S/C17H14ClFN4O/c1-9-8-20-14-7-11(24)3-5-15(14)23-16(9)21-22-17(23)12-6-10(18)2-4-13(12)19/h2-7,9,20,24H,8H2,1H3. The van der Waals surface area contributed by atoms with Gasteiger partial charge in [-0.05, 0) is 30.3 Å².